The van der Waals surface area contributed by atoms with Crippen molar-refractivity contribution in [3.63, 3.8) is 0 Å². The first-order chi connectivity index (χ1) is 9.13. The van der Waals surface area contributed by atoms with Crippen LogP contribution in [0.15, 0.2) is 29.0 Å². The first-order valence-corrected chi connectivity index (χ1v) is 6.54. The largest absolute Gasteiger partial charge is 0.409 e. The van der Waals surface area contributed by atoms with E-state index in [1.807, 2.05) is 24.4 Å². The number of aryl methyl sites for hydroxylation is 1. The molecule has 2 rings (SSSR count). The Labute approximate surface area is 115 Å². The predicted molar refractivity (Wildman–Crippen MR) is 75.7 cm³/mol. The van der Waals surface area contributed by atoms with Gasteiger partial charge in [0.25, 0.3) is 0 Å². The van der Waals surface area contributed by atoms with Crippen molar-refractivity contribution < 1.29 is 5.21 Å². The summed E-state index contributed by atoms with van der Waals surface area (Å²) in [6, 6.07) is 3.52. The number of thiazole rings is 1. The predicted octanol–water partition coefficient (Wildman–Crippen LogP) is 1.58. The van der Waals surface area contributed by atoms with Gasteiger partial charge in [-0.3, -0.25) is 0 Å². The maximum atomic E-state index is 8.80. The first-order valence-electron chi connectivity index (χ1n) is 5.66. The molecule has 0 aromatic carbocycles. The molecule has 0 aliphatic carbocycles. The van der Waals surface area contributed by atoms with Gasteiger partial charge in [-0.05, 0) is 19.1 Å². The number of rotatable bonds is 4. The van der Waals surface area contributed by atoms with E-state index in [1.165, 1.54) is 4.88 Å². The summed E-state index contributed by atoms with van der Waals surface area (Å²) in [4.78, 5) is 11.6. The quantitative estimate of drug-likeness (QED) is 0.383. The van der Waals surface area contributed by atoms with Crippen LogP contribution in [0.25, 0.3) is 0 Å². The maximum absolute atomic E-state index is 8.80. The summed E-state index contributed by atoms with van der Waals surface area (Å²) in [6.45, 7) is 2.65. The third kappa shape index (κ3) is 2.82. The van der Waals surface area contributed by atoms with Gasteiger partial charge in [0.1, 0.15) is 5.82 Å². The van der Waals surface area contributed by atoms with E-state index in [0.717, 1.165) is 5.69 Å². The Morgan fingerprint density at radius 3 is 2.95 bits per heavy atom. The number of oxime groups is 1. The third-order valence-corrected chi connectivity index (χ3v) is 3.68. The van der Waals surface area contributed by atoms with Crippen molar-refractivity contribution in [2.75, 3.05) is 11.9 Å². The number of aromatic nitrogens is 2. The van der Waals surface area contributed by atoms with Crippen molar-refractivity contribution in [2.24, 2.45) is 10.9 Å². The molecular formula is C12H15N5OS. The number of anilines is 1. The molecule has 100 valence electrons. The second-order valence-corrected chi connectivity index (χ2v) is 5.02. The molecule has 7 heteroatoms. The van der Waals surface area contributed by atoms with Gasteiger partial charge in [0.15, 0.2) is 5.84 Å². The van der Waals surface area contributed by atoms with E-state index in [1.54, 1.807) is 29.7 Å². The van der Waals surface area contributed by atoms with Crippen LogP contribution in [0.5, 0.6) is 0 Å². The normalized spacial score (nSPS) is 11.6. The molecular weight excluding hydrogens is 262 g/mol. The van der Waals surface area contributed by atoms with Gasteiger partial charge in [-0.1, -0.05) is 5.16 Å². The molecule has 0 spiro atoms. The molecule has 0 aliphatic rings. The zero-order valence-corrected chi connectivity index (χ0v) is 11.6. The summed E-state index contributed by atoms with van der Waals surface area (Å²) in [7, 11) is 1.91. The van der Waals surface area contributed by atoms with Crippen LogP contribution in [0.1, 0.15) is 16.1 Å². The minimum absolute atomic E-state index is 0.0518. The van der Waals surface area contributed by atoms with E-state index in [2.05, 4.69) is 15.1 Å². The zero-order chi connectivity index (χ0) is 13.8. The lowest BCUT2D eigenvalue weighted by atomic mass is 10.2. The molecule has 0 fully saturated rings. The molecule has 2 heterocycles. The SMILES string of the molecule is Cc1ncsc1CN(C)c1ncccc1C(N)=NO. The minimum Gasteiger partial charge on any atom is -0.409 e. The topological polar surface area (TPSA) is 87.6 Å². The van der Waals surface area contributed by atoms with Gasteiger partial charge in [-0.2, -0.15) is 0 Å². The molecule has 0 atom stereocenters. The van der Waals surface area contributed by atoms with Crippen LogP contribution in [0.4, 0.5) is 5.82 Å². The second kappa shape index (κ2) is 5.66. The Morgan fingerprint density at radius 1 is 1.53 bits per heavy atom. The van der Waals surface area contributed by atoms with Gasteiger partial charge >= 0.3 is 0 Å². The summed E-state index contributed by atoms with van der Waals surface area (Å²) < 4.78 is 0. The molecule has 0 bridgehead atoms. The van der Waals surface area contributed by atoms with Crippen molar-refractivity contribution in [3.05, 3.63) is 40.0 Å². The number of nitrogens with zero attached hydrogens (tertiary/aromatic N) is 4. The van der Waals surface area contributed by atoms with E-state index < -0.39 is 0 Å². The summed E-state index contributed by atoms with van der Waals surface area (Å²) in [5, 5.41) is 11.8. The van der Waals surface area contributed by atoms with E-state index in [9.17, 15) is 0 Å². The van der Waals surface area contributed by atoms with E-state index in [0.29, 0.717) is 17.9 Å². The molecule has 3 N–H and O–H groups in total. The molecule has 0 aliphatic heterocycles. The van der Waals surface area contributed by atoms with Crippen molar-refractivity contribution in [2.45, 2.75) is 13.5 Å². The van der Waals surface area contributed by atoms with Gasteiger partial charge in [-0.15, -0.1) is 11.3 Å². The summed E-state index contributed by atoms with van der Waals surface area (Å²) in [5.74, 6) is 0.724. The lowest BCUT2D eigenvalue weighted by Crippen LogP contribution is -2.23. The van der Waals surface area contributed by atoms with E-state index in [-0.39, 0.29) is 5.84 Å². The van der Waals surface area contributed by atoms with Crippen molar-refractivity contribution in [1.29, 1.82) is 0 Å². The summed E-state index contributed by atoms with van der Waals surface area (Å²) >= 11 is 1.60. The van der Waals surface area contributed by atoms with Crippen LogP contribution < -0.4 is 10.6 Å². The monoisotopic (exact) mass is 277 g/mol. The van der Waals surface area contributed by atoms with Crippen LogP contribution in [0.3, 0.4) is 0 Å². The molecule has 0 amide bonds. The lowest BCUT2D eigenvalue weighted by molar-refractivity contribution is 0.318. The van der Waals surface area contributed by atoms with Crippen LogP contribution in [0.2, 0.25) is 0 Å². The van der Waals surface area contributed by atoms with Crippen LogP contribution in [-0.2, 0) is 6.54 Å². The highest BCUT2D eigenvalue weighted by atomic mass is 32.1. The molecule has 0 saturated heterocycles. The standard InChI is InChI=1S/C12H15N5OS/c1-8-10(19-7-15-8)6-17(2)12-9(11(13)16-18)4-3-5-14-12/h3-5,7,18H,6H2,1-2H3,(H2,13,16). The molecule has 0 radical (unpaired) electrons. The van der Waals surface area contributed by atoms with Crippen LogP contribution in [-0.4, -0.2) is 28.1 Å². The number of hydrogen-bond acceptors (Lipinski definition) is 6. The van der Waals surface area contributed by atoms with Crippen molar-refractivity contribution >= 4 is 23.0 Å². The number of hydrogen-bond donors (Lipinski definition) is 2. The van der Waals surface area contributed by atoms with Crippen molar-refractivity contribution in [3.8, 4) is 0 Å². The number of pyridine rings is 1. The molecule has 19 heavy (non-hydrogen) atoms. The second-order valence-electron chi connectivity index (χ2n) is 4.08. The lowest BCUT2D eigenvalue weighted by Gasteiger charge is -2.20. The minimum atomic E-state index is 0.0518. The maximum Gasteiger partial charge on any atom is 0.173 e. The number of nitrogens with two attached hydrogens (primary N) is 1. The van der Waals surface area contributed by atoms with Gasteiger partial charge in [0.2, 0.25) is 0 Å². The van der Waals surface area contributed by atoms with Crippen LogP contribution >= 0.6 is 11.3 Å². The van der Waals surface area contributed by atoms with Gasteiger partial charge in [0, 0.05) is 18.1 Å². The Hall–Kier alpha value is -2.15. The summed E-state index contributed by atoms with van der Waals surface area (Å²) in [6.07, 6.45) is 1.68. The Bertz CT molecular complexity index is 595. The Morgan fingerprint density at radius 2 is 2.32 bits per heavy atom. The molecule has 2 aromatic rings. The van der Waals surface area contributed by atoms with E-state index >= 15 is 0 Å². The molecule has 0 saturated carbocycles. The summed E-state index contributed by atoms with van der Waals surface area (Å²) in [5.41, 5.74) is 9.10. The first kappa shape index (κ1) is 13.3. The fraction of sp³-hybridized carbons (Fsp3) is 0.250. The highest BCUT2D eigenvalue weighted by Crippen LogP contribution is 2.21. The highest BCUT2D eigenvalue weighted by Gasteiger charge is 2.14. The third-order valence-electron chi connectivity index (χ3n) is 2.76. The van der Waals surface area contributed by atoms with Gasteiger partial charge in [-0.25, -0.2) is 9.97 Å². The molecule has 6 nitrogen and oxygen atoms in total. The molecule has 2 aromatic heterocycles. The Balaban J connectivity index is 2.29. The van der Waals surface area contributed by atoms with Crippen LogP contribution in [0, 0.1) is 6.92 Å². The van der Waals surface area contributed by atoms with Gasteiger partial charge in [0.05, 0.1) is 23.3 Å². The van der Waals surface area contributed by atoms with Crippen molar-refractivity contribution in [1.82, 2.24) is 9.97 Å². The molecule has 0 unspecified atom stereocenters. The fourth-order valence-corrected chi connectivity index (χ4v) is 2.55. The van der Waals surface area contributed by atoms with E-state index in [4.69, 9.17) is 10.9 Å². The van der Waals surface area contributed by atoms with Gasteiger partial charge < -0.3 is 15.8 Å². The average Bonchev–Trinajstić information content (AvgIpc) is 2.83. The average molecular weight is 277 g/mol. The Kier molecular flexibility index (Phi) is 3.96. The number of amidine groups is 1. The smallest absolute Gasteiger partial charge is 0.173 e. The zero-order valence-electron chi connectivity index (χ0n) is 10.7. The fourth-order valence-electron chi connectivity index (χ4n) is 1.72. The highest BCUT2D eigenvalue weighted by molar-refractivity contribution is 7.09.